The molecule has 0 saturated heterocycles. The molecular weight excluding hydrogens is 262 g/mol. The Bertz CT molecular complexity index is 667. The van der Waals surface area contributed by atoms with Crippen molar-refractivity contribution in [3.63, 3.8) is 0 Å². The highest BCUT2D eigenvalue weighted by molar-refractivity contribution is 7.91. The van der Waals surface area contributed by atoms with Gasteiger partial charge in [-0.25, -0.2) is 8.42 Å². The van der Waals surface area contributed by atoms with Crippen LogP contribution in [0, 0.1) is 6.92 Å². The molecule has 1 aromatic heterocycles. The molecule has 1 heterocycles. The number of nitrogens with zero attached hydrogens (tertiary/aromatic N) is 1. The van der Waals surface area contributed by atoms with Crippen molar-refractivity contribution in [1.82, 2.24) is 4.98 Å². The van der Waals surface area contributed by atoms with Crippen LogP contribution in [0.5, 0.6) is 0 Å². The predicted molar refractivity (Wildman–Crippen MR) is 76.1 cm³/mol. The zero-order valence-corrected chi connectivity index (χ0v) is 11.3. The van der Waals surface area contributed by atoms with Gasteiger partial charge < -0.3 is 5.73 Å². The van der Waals surface area contributed by atoms with E-state index in [0.717, 1.165) is 5.69 Å². The summed E-state index contributed by atoms with van der Waals surface area (Å²) >= 11 is 0. The summed E-state index contributed by atoms with van der Waals surface area (Å²) in [7, 11) is -3.46. The number of rotatable bonds is 4. The minimum absolute atomic E-state index is 0.119. The van der Waals surface area contributed by atoms with Crippen molar-refractivity contribution in [2.75, 3.05) is 10.5 Å². The molecule has 0 aliphatic rings. The zero-order valence-electron chi connectivity index (χ0n) is 10.5. The molecule has 0 unspecified atom stereocenters. The second kappa shape index (κ2) is 5.27. The highest BCUT2D eigenvalue weighted by atomic mass is 32.2. The van der Waals surface area contributed by atoms with Crippen LogP contribution in [0.1, 0.15) is 11.3 Å². The van der Waals surface area contributed by atoms with Crippen molar-refractivity contribution in [2.24, 2.45) is 0 Å². The summed E-state index contributed by atoms with van der Waals surface area (Å²) in [6.45, 7) is 1.84. The van der Waals surface area contributed by atoms with E-state index < -0.39 is 10.0 Å². The van der Waals surface area contributed by atoms with E-state index in [1.165, 1.54) is 6.20 Å². The Hall–Kier alpha value is -2.08. The number of hydrogen-bond acceptors (Lipinski definition) is 4. The number of nitrogens with two attached hydrogens (primary N) is 1. The predicted octanol–water partition coefficient (Wildman–Crippen LogP) is 1.91. The van der Waals surface area contributed by atoms with Crippen LogP contribution in [0.25, 0.3) is 0 Å². The molecular formula is C13H15N3O2S. The van der Waals surface area contributed by atoms with Gasteiger partial charge >= 0.3 is 0 Å². The number of sulfonamides is 1. The van der Waals surface area contributed by atoms with Crippen molar-refractivity contribution < 1.29 is 8.42 Å². The molecule has 0 fully saturated rings. The minimum Gasteiger partial charge on any atom is -0.399 e. The molecule has 2 rings (SSSR count). The molecule has 19 heavy (non-hydrogen) atoms. The molecule has 0 amide bonds. The molecule has 6 heteroatoms. The molecule has 0 radical (unpaired) electrons. The molecule has 1 aromatic carbocycles. The van der Waals surface area contributed by atoms with Gasteiger partial charge in [0, 0.05) is 11.4 Å². The van der Waals surface area contributed by atoms with E-state index in [9.17, 15) is 8.42 Å². The van der Waals surface area contributed by atoms with Crippen molar-refractivity contribution >= 4 is 21.4 Å². The summed E-state index contributed by atoms with van der Waals surface area (Å²) in [5.41, 5.74) is 8.10. The Morgan fingerprint density at radius 1 is 1.26 bits per heavy atom. The average molecular weight is 277 g/mol. The number of anilines is 2. The normalized spacial score (nSPS) is 11.2. The van der Waals surface area contributed by atoms with E-state index in [1.54, 1.807) is 36.4 Å². The Labute approximate surface area is 112 Å². The van der Waals surface area contributed by atoms with Crippen molar-refractivity contribution in [3.8, 4) is 0 Å². The van der Waals surface area contributed by atoms with Gasteiger partial charge in [0.15, 0.2) is 0 Å². The average Bonchev–Trinajstić information content (AvgIpc) is 2.31. The summed E-state index contributed by atoms with van der Waals surface area (Å²) in [4.78, 5) is 4.04. The highest BCUT2D eigenvalue weighted by Crippen LogP contribution is 2.14. The summed E-state index contributed by atoms with van der Waals surface area (Å²) < 4.78 is 26.5. The van der Waals surface area contributed by atoms with Crippen LogP contribution < -0.4 is 10.5 Å². The van der Waals surface area contributed by atoms with Crippen LogP contribution >= 0.6 is 0 Å². The quantitative estimate of drug-likeness (QED) is 0.836. The second-order valence-electron chi connectivity index (χ2n) is 4.29. The van der Waals surface area contributed by atoms with Gasteiger partial charge in [0.05, 0.1) is 17.6 Å². The van der Waals surface area contributed by atoms with Crippen molar-refractivity contribution in [1.29, 1.82) is 0 Å². The molecule has 0 bridgehead atoms. The molecule has 100 valence electrons. The smallest absolute Gasteiger partial charge is 0.236 e. The zero-order chi connectivity index (χ0) is 13.9. The first-order chi connectivity index (χ1) is 8.94. The molecule has 0 aliphatic carbocycles. The Morgan fingerprint density at radius 3 is 2.68 bits per heavy atom. The fraction of sp³-hybridized carbons (Fsp3) is 0.154. The lowest BCUT2D eigenvalue weighted by molar-refractivity contribution is 0.600. The van der Waals surface area contributed by atoms with Crippen molar-refractivity contribution in [3.05, 3.63) is 53.9 Å². The lowest BCUT2D eigenvalue weighted by Crippen LogP contribution is -2.15. The summed E-state index contributed by atoms with van der Waals surface area (Å²) in [5.74, 6) is -0.119. The maximum absolute atomic E-state index is 12.0. The number of aromatic nitrogens is 1. The molecule has 3 N–H and O–H groups in total. The van der Waals surface area contributed by atoms with Crippen LogP contribution in [0.3, 0.4) is 0 Å². The lowest BCUT2D eigenvalue weighted by Gasteiger charge is -2.08. The molecule has 5 nitrogen and oxygen atoms in total. The maximum Gasteiger partial charge on any atom is 0.236 e. The van der Waals surface area contributed by atoms with Gasteiger partial charge in [-0.15, -0.1) is 0 Å². The topological polar surface area (TPSA) is 85.1 Å². The number of aryl methyl sites for hydroxylation is 1. The number of nitrogen functional groups attached to an aromatic ring is 1. The third kappa shape index (κ3) is 3.96. The summed E-state index contributed by atoms with van der Waals surface area (Å²) in [6.07, 6.45) is 1.49. The largest absolute Gasteiger partial charge is 0.399 e. The SMILES string of the molecule is Cc1ccc(NS(=O)(=O)Cc2cccc(N)c2)cn1. The maximum atomic E-state index is 12.0. The van der Waals surface area contributed by atoms with Gasteiger partial charge in [-0.3, -0.25) is 9.71 Å². The second-order valence-corrected chi connectivity index (χ2v) is 6.02. The van der Waals surface area contributed by atoms with Gasteiger partial charge in [-0.2, -0.15) is 0 Å². The number of hydrogen-bond donors (Lipinski definition) is 2. The van der Waals surface area contributed by atoms with Crippen LogP contribution in [-0.2, 0) is 15.8 Å². The van der Waals surface area contributed by atoms with E-state index in [2.05, 4.69) is 9.71 Å². The molecule has 0 aliphatic heterocycles. The third-order valence-corrected chi connectivity index (χ3v) is 3.75. The number of pyridine rings is 1. The summed E-state index contributed by atoms with van der Waals surface area (Å²) in [5, 5.41) is 0. The van der Waals surface area contributed by atoms with Crippen LogP contribution in [-0.4, -0.2) is 13.4 Å². The molecule has 2 aromatic rings. The van der Waals surface area contributed by atoms with E-state index >= 15 is 0 Å². The molecule has 0 atom stereocenters. The van der Waals surface area contributed by atoms with Gasteiger partial charge in [-0.05, 0) is 36.8 Å². The van der Waals surface area contributed by atoms with Gasteiger partial charge in [0.2, 0.25) is 10.0 Å². The van der Waals surface area contributed by atoms with Gasteiger partial charge in [0.25, 0.3) is 0 Å². The third-order valence-electron chi connectivity index (χ3n) is 2.49. The molecule has 0 spiro atoms. The van der Waals surface area contributed by atoms with E-state index in [1.807, 2.05) is 6.92 Å². The fourth-order valence-electron chi connectivity index (χ4n) is 1.65. The standard InChI is InChI=1S/C13H15N3O2S/c1-10-5-6-13(8-15-10)16-19(17,18)9-11-3-2-4-12(14)7-11/h2-8,16H,9,14H2,1H3. The molecule has 0 saturated carbocycles. The van der Waals surface area contributed by atoms with E-state index in [0.29, 0.717) is 16.9 Å². The first kappa shape index (κ1) is 13.4. The number of benzene rings is 1. The first-order valence-electron chi connectivity index (χ1n) is 5.72. The highest BCUT2D eigenvalue weighted by Gasteiger charge is 2.12. The van der Waals surface area contributed by atoms with E-state index in [4.69, 9.17) is 5.73 Å². The monoisotopic (exact) mass is 277 g/mol. The van der Waals surface area contributed by atoms with E-state index in [-0.39, 0.29) is 5.75 Å². The Kier molecular flexibility index (Phi) is 3.71. The van der Waals surface area contributed by atoms with Gasteiger partial charge in [0.1, 0.15) is 0 Å². The fourth-order valence-corrected chi connectivity index (χ4v) is 2.82. The number of nitrogens with one attached hydrogen (secondary N) is 1. The Morgan fingerprint density at radius 2 is 2.05 bits per heavy atom. The van der Waals surface area contributed by atoms with Crippen LogP contribution in [0.4, 0.5) is 11.4 Å². The van der Waals surface area contributed by atoms with Crippen LogP contribution in [0.2, 0.25) is 0 Å². The van der Waals surface area contributed by atoms with Crippen LogP contribution in [0.15, 0.2) is 42.6 Å². The first-order valence-corrected chi connectivity index (χ1v) is 7.37. The van der Waals surface area contributed by atoms with Crippen molar-refractivity contribution in [2.45, 2.75) is 12.7 Å². The minimum atomic E-state index is -3.46. The lowest BCUT2D eigenvalue weighted by atomic mass is 10.2. The van der Waals surface area contributed by atoms with Gasteiger partial charge in [-0.1, -0.05) is 12.1 Å². The summed E-state index contributed by atoms with van der Waals surface area (Å²) in [6, 6.07) is 10.2. The Balaban J connectivity index is 2.13.